The standard InChI is InChI=1S/C15H17N5O3S/c1-4-20-10(3)14(9(2)18-20)24(22,23)19-11-5-6-13-12(7-11)15(21)17-8-16-13/h5-8,19H,4H2,1-3H3,(H,16,17,21). The third kappa shape index (κ3) is 2.67. The lowest BCUT2D eigenvalue weighted by atomic mass is 10.2. The fourth-order valence-electron chi connectivity index (χ4n) is 2.72. The summed E-state index contributed by atoms with van der Waals surface area (Å²) in [6.45, 7) is 5.85. The SMILES string of the molecule is CCn1nc(C)c(S(=O)(=O)Nc2ccc3nc[nH]c(=O)c3c2)c1C. The van der Waals surface area contributed by atoms with E-state index in [1.54, 1.807) is 30.7 Å². The second-order valence-electron chi connectivity index (χ2n) is 5.38. The quantitative estimate of drug-likeness (QED) is 0.744. The number of hydrogen-bond acceptors (Lipinski definition) is 5. The molecule has 0 fully saturated rings. The van der Waals surface area contributed by atoms with Crippen LogP contribution in [0.15, 0.2) is 34.2 Å². The van der Waals surface area contributed by atoms with Crippen molar-refractivity contribution in [3.63, 3.8) is 0 Å². The highest BCUT2D eigenvalue weighted by atomic mass is 32.2. The lowest BCUT2D eigenvalue weighted by Crippen LogP contribution is -2.15. The van der Waals surface area contributed by atoms with Gasteiger partial charge >= 0.3 is 0 Å². The Morgan fingerprint density at radius 1 is 1.29 bits per heavy atom. The van der Waals surface area contributed by atoms with Crippen LogP contribution in [0.2, 0.25) is 0 Å². The van der Waals surface area contributed by atoms with E-state index in [0.717, 1.165) is 0 Å². The second-order valence-corrected chi connectivity index (χ2v) is 7.00. The van der Waals surface area contributed by atoms with E-state index < -0.39 is 10.0 Å². The minimum absolute atomic E-state index is 0.157. The van der Waals surface area contributed by atoms with Gasteiger partial charge in [-0.2, -0.15) is 5.10 Å². The number of anilines is 1. The minimum Gasteiger partial charge on any atom is -0.313 e. The molecule has 8 nitrogen and oxygen atoms in total. The molecule has 0 aliphatic heterocycles. The number of aryl methyl sites for hydroxylation is 2. The number of nitrogens with zero attached hydrogens (tertiary/aromatic N) is 3. The predicted molar refractivity (Wildman–Crippen MR) is 90.5 cm³/mol. The predicted octanol–water partition coefficient (Wildman–Crippen LogP) is 1.56. The van der Waals surface area contributed by atoms with Crippen LogP contribution in [-0.2, 0) is 16.6 Å². The number of rotatable bonds is 4. The van der Waals surface area contributed by atoms with E-state index >= 15 is 0 Å². The monoisotopic (exact) mass is 347 g/mol. The fraction of sp³-hybridized carbons (Fsp3) is 0.267. The first-order chi connectivity index (χ1) is 11.3. The Balaban J connectivity index is 2.06. The number of fused-ring (bicyclic) bond motifs is 1. The summed E-state index contributed by atoms with van der Waals surface area (Å²) in [4.78, 5) is 18.5. The summed E-state index contributed by atoms with van der Waals surface area (Å²) in [7, 11) is -3.81. The molecule has 0 unspecified atom stereocenters. The summed E-state index contributed by atoms with van der Waals surface area (Å²) in [5.74, 6) is 0. The van der Waals surface area contributed by atoms with Crippen LogP contribution in [0.5, 0.6) is 0 Å². The molecule has 126 valence electrons. The van der Waals surface area contributed by atoms with E-state index in [0.29, 0.717) is 34.5 Å². The smallest absolute Gasteiger partial charge is 0.265 e. The van der Waals surface area contributed by atoms with Crippen molar-refractivity contribution in [3.8, 4) is 0 Å². The van der Waals surface area contributed by atoms with Crippen molar-refractivity contribution >= 4 is 26.6 Å². The molecular weight excluding hydrogens is 330 g/mol. The summed E-state index contributed by atoms with van der Waals surface area (Å²) in [5.41, 5.74) is 1.47. The Morgan fingerprint density at radius 2 is 2.04 bits per heavy atom. The number of aromatic nitrogens is 4. The van der Waals surface area contributed by atoms with Crippen LogP contribution in [0, 0.1) is 13.8 Å². The van der Waals surface area contributed by atoms with Gasteiger partial charge in [-0.15, -0.1) is 0 Å². The van der Waals surface area contributed by atoms with Crippen LogP contribution in [0.25, 0.3) is 10.9 Å². The van der Waals surface area contributed by atoms with Crippen molar-refractivity contribution in [2.75, 3.05) is 4.72 Å². The maximum absolute atomic E-state index is 12.7. The van der Waals surface area contributed by atoms with Crippen LogP contribution < -0.4 is 10.3 Å². The molecule has 2 heterocycles. The highest BCUT2D eigenvalue weighted by Crippen LogP contribution is 2.23. The van der Waals surface area contributed by atoms with Gasteiger partial charge in [0.15, 0.2) is 0 Å². The topological polar surface area (TPSA) is 110 Å². The number of aromatic amines is 1. The molecule has 0 spiro atoms. The van der Waals surface area contributed by atoms with Crippen molar-refractivity contribution in [2.45, 2.75) is 32.2 Å². The van der Waals surface area contributed by atoms with E-state index in [1.807, 2.05) is 6.92 Å². The third-order valence-electron chi connectivity index (χ3n) is 3.78. The number of H-pyrrole nitrogens is 1. The zero-order valence-electron chi connectivity index (χ0n) is 13.5. The summed E-state index contributed by atoms with van der Waals surface area (Å²) in [6, 6.07) is 4.63. The van der Waals surface area contributed by atoms with E-state index in [2.05, 4.69) is 19.8 Å². The van der Waals surface area contributed by atoms with E-state index in [-0.39, 0.29) is 10.5 Å². The van der Waals surface area contributed by atoms with Gasteiger partial charge in [-0.1, -0.05) is 0 Å². The molecule has 2 N–H and O–H groups in total. The summed E-state index contributed by atoms with van der Waals surface area (Å²) >= 11 is 0. The Kier molecular flexibility index (Phi) is 3.88. The molecule has 0 aliphatic rings. The first-order valence-corrected chi connectivity index (χ1v) is 8.86. The normalized spacial score (nSPS) is 11.8. The Morgan fingerprint density at radius 3 is 2.71 bits per heavy atom. The van der Waals surface area contributed by atoms with Gasteiger partial charge in [0.2, 0.25) is 0 Å². The maximum atomic E-state index is 12.7. The number of benzene rings is 1. The molecule has 0 radical (unpaired) electrons. The Bertz CT molecular complexity index is 1080. The van der Waals surface area contributed by atoms with Gasteiger partial charge in [0.05, 0.1) is 28.6 Å². The lowest BCUT2D eigenvalue weighted by Gasteiger charge is -2.09. The van der Waals surface area contributed by atoms with Crippen LogP contribution >= 0.6 is 0 Å². The van der Waals surface area contributed by atoms with Crippen molar-refractivity contribution in [1.29, 1.82) is 0 Å². The van der Waals surface area contributed by atoms with E-state index in [4.69, 9.17) is 0 Å². The van der Waals surface area contributed by atoms with Gasteiger partial charge in [-0.05, 0) is 39.0 Å². The van der Waals surface area contributed by atoms with Gasteiger partial charge in [0.1, 0.15) is 4.90 Å². The zero-order valence-corrected chi connectivity index (χ0v) is 14.3. The van der Waals surface area contributed by atoms with Crippen LogP contribution in [-0.4, -0.2) is 28.2 Å². The zero-order chi connectivity index (χ0) is 17.5. The van der Waals surface area contributed by atoms with Gasteiger partial charge in [0.25, 0.3) is 15.6 Å². The van der Waals surface area contributed by atoms with E-state index in [1.165, 1.54) is 12.4 Å². The average Bonchev–Trinajstić information content (AvgIpc) is 2.82. The highest BCUT2D eigenvalue weighted by molar-refractivity contribution is 7.92. The largest absolute Gasteiger partial charge is 0.313 e. The molecular formula is C15H17N5O3S. The van der Waals surface area contributed by atoms with Crippen molar-refractivity contribution in [1.82, 2.24) is 19.7 Å². The highest BCUT2D eigenvalue weighted by Gasteiger charge is 2.24. The average molecular weight is 347 g/mol. The second kappa shape index (κ2) is 5.75. The van der Waals surface area contributed by atoms with Crippen molar-refractivity contribution in [2.24, 2.45) is 0 Å². The molecule has 0 aliphatic carbocycles. The van der Waals surface area contributed by atoms with Crippen molar-refractivity contribution in [3.05, 3.63) is 46.3 Å². The third-order valence-corrected chi connectivity index (χ3v) is 5.41. The van der Waals surface area contributed by atoms with Crippen LogP contribution in [0.3, 0.4) is 0 Å². The molecule has 0 amide bonds. The van der Waals surface area contributed by atoms with E-state index in [9.17, 15) is 13.2 Å². The van der Waals surface area contributed by atoms with Gasteiger partial charge in [-0.3, -0.25) is 14.2 Å². The number of hydrogen-bond donors (Lipinski definition) is 2. The summed E-state index contributed by atoms with van der Waals surface area (Å²) < 4.78 is 29.6. The molecule has 24 heavy (non-hydrogen) atoms. The molecule has 9 heteroatoms. The minimum atomic E-state index is -3.81. The Labute approximate surface area is 138 Å². The molecule has 3 aromatic rings. The summed E-state index contributed by atoms with van der Waals surface area (Å²) in [6.07, 6.45) is 1.31. The lowest BCUT2D eigenvalue weighted by molar-refractivity contribution is 0.598. The molecule has 1 aromatic carbocycles. The van der Waals surface area contributed by atoms with Gasteiger partial charge in [-0.25, -0.2) is 13.4 Å². The fourth-order valence-corrected chi connectivity index (χ4v) is 4.18. The molecule has 0 atom stereocenters. The Hall–Kier alpha value is -2.68. The number of sulfonamides is 1. The van der Waals surface area contributed by atoms with Gasteiger partial charge < -0.3 is 4.98 Å². The molecule has 0 saturated carbocycles. The first-order valence-electron chi connectivity index (χ1n) is 7.37. The van der Waals surface area contributed by atoms with Crippen molar-refractivity contribution < 1.29 is 8.42 Å². The van der Waals surface area contributed by atoms with Gasteiger partial charge in [0, 0.05) is 12.2 Å². The first kappa shape index (κ1) is 16.2. The molecule has 3 rings (SSSR count). The van der Waals surface area contributed by atoms with Crippen LogP contribution in [0.1, 0.15) is 18.3 Å². The molecule has 2 aromatic heterocycles. The maximum Gasteiger partial charge on any atom is 0.265 e. The molecule has 0 saturated heterocycles. The number of nitrogens with one attached hydrogen (secondary N) is 2. The summed E-state index contributed by atoms with van der Waals surface area (Å²) in [5, 5.41) is 4.55. The van der Waals surface area contributed by atoms with Crippen LogP contribution in [0.4, 0.5) is 5.69 Å². The molecule has 0 bridgehead atoms.